The Morgan fingerprint density at radius 3 is 2.70 bits per heavy atom. The first-order valence-electron chi connectivity index (χ1n) is 10.3. The van der Waals surface area contributed by atoms with Gasteiger partial charge in [-0.25, -0.2) is 9.97 Å². The van der Waals surface area contributed by atoms with Gasteiger partial charge in [-0.3, -0.25) is 4.90 Å². The smallest absolute Gasteiger partial charge is 0.383 e. The number of hydrogen-bond donors (Lipinski definition) is 5. The lowest BCUT2D eigenvalue weighted by Gasteiger charge is -2.42. The quantitative estimate of drug-likeness (QED) is 0.297. The van der Waals surface area contributed by atoms with Crippen LogP contribution in [0.5, 0.6) is 0 Å². The van der Waals surface area contributed by atoms with E-state index in [0.29, 0.717) is 31.5 Å². The molecule has 1 atom stereocenters. The molecule has 1 unspecified atom stereocenters. The normalized spacial score (nSPS) is 16.7. The average molecular weight is 467 g/mol. The van der Waals surface area contributed by atoms with Gasteiger partial charge in [0, 0.05) is 30.8 Å². The van der Waals surface area contributed by atoms with Crippen molar-refractivity contribution >= 4 is 23.4 Å². The van der Waals surface area contributed by atoms with Crippen LogP contribution in [0.25, 0.3) is 6.08 Å². The molecule has 180 valence electrons. The van der Waals surface area contributed by atoms with Gasteiger partial charge >= 0.3 is 6.18 Å². The Balaban J connectivity index is 1.52. The Morgan fingerprint density at radius 1 is 1.36 bits per heavy atom. The zero-order valence-electron chi connectivity index (χ0n) is 18.6. The molecule has 33 heavy (non-hydrogen) atoms. The molecule has 3 rings (SSSR count). The molecule has 1 saturated heterocycles. The predicted octanol–water partition coefficient (Wildman–Crippen LogP) is 2.92. The third-order valence-corrected chi connectivity index (χ3v) is 4.95. The minimum atomic E-state index is -4.66. The maximum atomic E-state index is 13.0. The van der Waals surface area contributed by atoms with Gasteiger partial charge in [0.25, 0.3) is 0 Å². The van der Waals surface area contributed by atoms with Gasteiger partial charge in [0.1, 0.15) is 23.7 Å². The van der Waals surface area contributed by atoms with Crippen LogP contribution < -0.4 is 11.1 Å². The van der Waals surface area contributed by atoms with E-state index in [-0.39, 0.29) is 22.8 Å². The van der Waals surface area contributed by atoms with Crippen LogP contribution in [0, 0.1) is 11.3 Å². The fourth-order valence-electron chi connectivity index (χ4n) is 3.08. The highest BCUT2D eigenvalue weighted by Crippen LogP contribution is 2.33. The molecule has 3 heterocycles. The van der Waals surface area contributed by atoms with E-state index in [4.69, 9.17) is 15.9 Å². The zero-order chi connectivity index (χ0) is 24.4. The Kier molecular flexibility index (Phi) is 7.10. The van der Waals surface area contributed by atoms with E-state index in [0.717, 1.165) is 12.3 Å². The summed E-state index contributed by atoms with van der Waals surface area (Å²) < 4.78 is 44.7. The molecule has 1 aliphatic heterocycles. The number of aliphatic hydroxyl groups excluding tert-OH is 1. The van der Waals surface area contributed by atoms with Crippen LogP contribution in [0.4, 0.5) is 24.8 Å². The van der Waals surface area contributed by atoms with Crippen molar-refractivity contribution in [3.05, 3.63) is 41.5 Å². The van der Waals surface area contributed by atoms with Crippen LogP contribution in [-0.4, -0.2) is 62.3 Å². The maximum absolute atomic E-state index is 13.0. The number of imidazole rings is 1. The van der Waals surface area contributed by atoms with Crippen molar-refractivity contribution in [3.8, 4) is 0 Å². The van der Waals surface area contributed by atoms with Crippen LogP contribution >= 0.6 is 0 Å². The number of aromatic nitrogens is 3. The van der Waals surface area contributed by atoms with Gasteiger partial charge in [-0.1, -0.05) is 0 Å². The first-order chi connectivity index (χ1) is 15.3. The number of aliphatic hydroxyl groups is 1. The second-order valence-corrected chi connectivity index (χ2v) is 8.85. The lowest BCUT2D eigenvalue weighted by molar-refractivity contribution is -0.137. The number of nitrogen functional groups attached to an aromatic ring is 1. The Labute approximate surface area is 189 Å². The Hall–Kier alpha value is -2.96. The van der Waals surface area contributed by atoms with E-state index in [1.807, 2.05) is 20.8 Å². The molecule has 0 amide bonds. The molecule has 0 aliphatic carbocycles. The number of anilines is 2. The number of halogens is 3. The molecule has 2 aromatic heterocycles. The molecule has 0 radical (unpaired) electrons. The number of pyridine rings is 1. The molecule has 0 aromatic carbocycles. The molecule has 2 aromatic rings. The van der Waals surface area contributed by atoms with Gasteiger partial charge in [0.2, 0.25) is 0 Å². The van der Waals surface area contributed by atoms with Crippen molar-refractivity contribution in [2.75, 3.05) is 30.9 Å². The summed E-state index contributed by atoms with van der Waals surface area (Å²) >= 11 is 0. The van der Waals surface area contributed by atoms with Gasteiger partial charge in [0.05, 0.1) is 29.8 Å². The maximum Gasteiger partial charge on any atom is 0.419 e. The lowest BCUT2D eigenvalue weighted by atomic mass is 9.99. The number of nitrogens with zero attached hydrogens (tertiary/aromatic N) is 3. The summed E-state index contributed by atoms with van der Waals surface area (Å²) in [4.78, 5) is 12.7. The van der Waals surface area contributed by atoms with E-state index >= 15 is 0 Å². The summed E-state index contributed by atoms with van der Waals surface area (Å²) in [7, 11) is 0. The van der Waals surface area contributed by atoms with Crippen molar-refractivity contribution in [2.45, 2.75) is 38.8 Å². The highest BCUT2D eigenvalue weighted by atomic mass is 19.4. The topological polar surface area (TPSA) is 136 Å². The fraction of sp³-hybridized carbons (Fsp3) is 0.476. The first-order valence-corrected chi connectivity index (χ1v) is 10.3. The number of hydrogen-bond acceptors (Lipinski definition) is 8. The number of rotatable bonds is 8. The Morgan fingerprint density at radius 2 is 2.06 bits per heavy atom. The SMILES string of the molecule is CC(C)(C)OCN1CC(C(O)Nc2cnc(/C=C\C(=N)c3cnc(N)c(C(F)(F)F)c3)[nH]2)C1. The third kappa shape index (κ3) is 6.76. The number of H-pyrrole nitrogens is 1. The van der Waals surface area contributed by atoms with Crippen molar-refractivity contribution in [3.63, 3.8) is 0 Å². The molecule has 9 nitrogen and oxygen atoms in total. The summed E-state index contributed by atoms with van der Waals surface area (Å²) in [6.45, 7) is 7.84. The number of alkyl halides is 3. The Bertz CT molecular complexity index is 1010. The number of aromatic amines is 1. The van der Waals surface area contributed by atoms with Gasteiger partial charge in [0.15, 0.2) is 0 Å². The fourth-order valence-corrected chi connectivity index (χ4v) is 3.08. The number of nitrogens with two attached hydrogens (primary N) is 1. The monoisotopic (exact) mass is 467 g/mol. The third-order valence-electron chi connectivity index (χ3n) is 4.95. The molecule has 0 spiro atoms. The van der Waals surface area contributed by atoms with Crippen molar-refractivity contribution < 1.29 is 23.0 Å². The van der Waals surface area contributed by atoms with Gasteiger partial charge < -0.3 is 31.3 Å². The van der Waals surface area contributed by atoms with E-state index in [1.54, 1.807) is 0 Å². The molecule has 0 bridgehead atoms. The highest BCUT2D eigenvalue weighted by molar-refractivity contribution is 6.08. The predicted molar refractivity (Wildman–Crippen MR) is 118 cm³/mol. The number of ether oxygens (including phenoxy) is 1. The van der Waals surface area contributed by atoms with E-state index in [2.05, 4.69) is 25.2 Å². The van der Waals surface area contributed by atoms with E-state index in [1.165, 1.54) is 18.3 Å². The van der Waals surface area contributed by atoms with Crippen LogP contribution in [0.2, 0.25) is 0 Å². The second kappa shape index (κ2) is 9.49. The summed E-state index contributed by atoms with van der Waals surface area (Å²) in [5.74, 6) is 0.235. The lowest BCUT2D eigenvalue weighted by Crippen LogP contribution is -2.55. The van der Waals surface area contributed by atoms with Crippen LogP contribution in [0.15, 0.2) is 24.5 Å². The number of allylic oxidation sites excluding steroid dienone is 1. The molecule has 6 N–H and O–H groups in total. The van der Waals surface area contributed by atoms with Crippen molar-refractivity contribution in [2.24, 2.45) is 5.92 Å². The molecular weight excluding hydrogens is 439 g/mol. The van der Waals surface area contributed by atoms with Crippen LogP contribution in [-0.2, 0) is 10.9 Å². The van der Waals surface area contributed by atoms with Crippen molar-refractivity contribution in [1.82, 2.24) is 19.9 Å². The number of likely N-dealkylation sites (tertiary alicyclic amines) is 1. The molecular formula is C21H28F3N7O2. The standard InChI is InChI=1S/C21H28F3N7O2/c1-20(2,3)33-11-31-9-13(10-31)19(32)30-17-8-27-16(29-17)5-4-15(25)12-6-14(21(22,23)24)18(26)28-7-12/h4-8,13,19,25,30,32H,9-11H2,1-3H3,(H2,26,28)(H,27,29)/b5-4-,25-15?. The molecule has 1 fully saturated rings. The van der Waals surface area contributed by atoms with Crippen LogP contribution in [0.3, 0.4) is 0 Å². The van der Waals surface area contributed by atoms with Gasteiger partial charge in [-0.05, 0) is 39.0 Å². The molecule has 1 aliphatic rings. The average Bonchev–Trinajstić information content (AvgIpc) is 3.10. The summed E-state index contributed by atoms with van der Waals surface area (Å²) in [6, 6.07) is 0.787. The minimum absolute atomic E-state index is 0.0296. The number of nitrogens with one attached hydrogen (secondary N) is 3. The second-order valence-electron chi connectivity index (χ2n) is 8.85. The summed E-state index contributed by atoms with van der Waals surface area (Å²) in [6.07, 6.45) is -0.108. The first kappa shape index (κ1) is 24.7. The van der Waals surface area contributed by atoms with E-state index in [9.17, 15) is 18.3 Å². The minimum Gasteiger partial charge on any atom is -0.383 e. The summed E-state index contributed by atoms with van der Waals surface area (Å²) in [5.41, 5.74) is 3.76. The van der Waals surface area contributed by atoms with Gasteiger partial charge in [-0.2, -0.15) is 13.2 Å². The van der Waals surface area contributed by atoms with E-state index < -0.39 is 23.8 Å². The molecule has 12 heteroatoms. The zero-order valence-corrected chi connectivity index (χ0v) is 18.6. The van der Waals surface area contributed by atoms with Crippen molar-refractivity contribution in [1.29, 1.82) is 5.41 Å². The largest absolute Gasteiger partial charge is 0.419 e. The van der Waals surface area contributed by atoms with Gasteiger partial charge in [-0.15, -0.1) is 0 Å². The van der Waals surface area contributed by atoms with Crippen LogP contribution in [0.1, 0.15) is 37.7 Å². The summed E-state index contributed by atoms with van der Waals surface area (Å²) in [5, 5.41) is 21.3. The highest BCUT2D eigenvalue weighted by Gasteiger charge is 2.34. The molecule has 0 saturated carbocycles.